The summed E-state index contributed by atoms with van der Waals surface area (Å²) in [4.78, 5) is 32.6. The summed E-state index contributed by atoms with van der Waals surface area (Å²) in [5, 5.41) is 4.91. The molecule has 4 rings (SSSR count). The second kappa shape index (κ2) is 5.13. The number of carbonyl (C=O) groups is 2. The average molecular weight is 318 g/mol. The lowest BCUT2D eigenvalue weighted by atomic mass is 9.92. The first kappa shape index (κ1) is 14.3. The topological polar surface area (TPSA) is 84.0 Å². The van der Waals surface area contributed by atoms with Gasteiger partial charge in [0.05, 0.1) is 22.9 Å². The van der Waals surface area contributed by atoms with Crippen LogP contribution in [0.15, 0.2) is 54.7 Å². The van der Waals surface area contributed by atoms with Crippen LogP contribution in [0.5, 0.6) is 0 Å². The lowest BCUT2D eigenvalue weighted by Gasteiger charge is -2.21. The van der Waals surface area contributed by atoms with Crippen LogP contribution in [0.25, 0.3) is 22.3 Å². The first-order chi connectivity index (χ1) is 11.6. The molecule has 2 heterocycles. The number of benzene rings is 2. The van der Waals surface area contributed by atoms with E-state index in [0.29, 0.717) is 11.1 Å². The number of hydrogen-bond donors (Lipinski definition) is 2. The van der Waals surface area contributed by atoms with Gasteiger partial charge in [0.15, 0.2) is 0 Å². The SMILES string of the molecule is CC1(c2ccc3nc(-c4ccccc4)cnc3c2)NC(=O)NC1=O. The van der Waals surface area contributed by atoms with Gasteiger partial charge in [-0.2, -0.15) is 0 Å². The largest absolute Gasteiger partial charge is 0.322 e. The maximum Gasteiger partial charge on any atom is 0.322 e. The fourth-order valence-corrected chi connectivity index (χ4v) is 2.82. The Morgan fingerprint density at radius 1 is 1.00 bits per heavy atom. The summed E-state index contributed by atoms with van der Waals surface area (Å²) in [5.74, 6) is -0.374. The zero-order valence-electron chi connectivity index (χ0n) is 12.9. The second-order valence-electron chi connectivity index (χ2n) is 5.86. The molecule has 3 amide bonds. The van der Waals surface area contributed by atoms with Gasteiger partial charge in [0.1, 0.15) is 5.54 Å². The fraction of sp³-hybridized carbons (Fsp3) is 0.111. The van der Waals surface area contributed by atoms with E-state index in [1.54, 1.807) is 25.3 Å². The van der Waals surface area contributed by atoms with Crippen LogP contribution in [0.1, 0.15) is 12.5 Å². The van der Waals surface area contributed by atoms with Gasteiger partial charge in [0.2, 0.25) is 0 Å². The summed E-state index contributed by atoms with van der Waals surface area (Å²) in [7, 11) is 0. The molecule has 6 nitrogen and oxygen atoms in total. The molecule has 0 saturated carbocycles. The molecular formula is C18H14N4O2. The van der Waals surface area contributed by atoms with Crippen LogP contribution in [-0.2, 0) is 10.3 Å². The van der Waals surface area contributed by atoms with Crippen LogP contribution in [0.2, 0.25) is 0 Å². The van der Waals surface area contributed by atoms with Gasteiger partial charge < -0.3 is 5.32 Å². The van der Waals surface area contributed by atoms with Crippen molar-refractivity contribution < 1.29 is 9.59 Å². The minimum Gasteiger partial charge on any atom is -0.320 e. The number of aromatic nitrogens is 2. The van der Waals surface area contributed by atoms with Gasteiger partial charge in [0, 0.05) is 5.56 Å². The Morgan fingerprint density at radius 3 is 2.50 bits per heavy atom. The summed E-state index contributed by atoms with van der Waals surface area (Å²) < 4.78 is 0. The Labute approximate surface area is 137 Å². The van der Waals surface area contributed by atoms with E-state index in [9.17, 15) is 9.59 Å². The van der Waals surface area contributed by atoms with Crippen molar-refractivity contribution in [1.82, 2.24) is 20.6 Å². The van der Waals surface area contributed by atoms with Crippen LogP contribution < -0.4 is 10.6 Å². The van der Waals surface area contributed by atoms with Gasteiger partial charge in [-0.15, -0.1) is 0 Å². The number of rotatable bonds is 2. The van der Waals surface area contributed by atoms with Gasteiger partial charge >= 0.3 is 6.03 Å². The molecule has 1 aliphatic heterocycles. The summed E-state index contributed by atoms with van der Waals surface area (Å²) in [6, 6.07) is 14.7. The van der Waals surface area contributed by atoms with Crippen molar-refractivity contribution in [3.05, 3.63) is 60.3 Å². The predicted molar refractivity (Wildman–Crippen MR) is 89.0 cm³/mol. The number of nitrogens with zero attached hydrogens (tertiary/aromatic N) is 2. The Bertz CT molecular complexity index is 971. The lowest BCUT2D eigenvalue weighted by Crippen LogP contribution is -2.40. The maximum absolute atomic E-state index is 12.1. The van der Waals surface area contributed by atoms with Crippen molar-refractivity contribution in [2.75, 3.05) is 0 Å². The van der Waals surface area contributed by atoms with E-state index in [2.05, 4.69) is 20.6 Å². The van der Waals surface area contributed by atoms with Gasteiger partial charge in [0.25, 0.3) is 5.91 Å². The number of imide groups is 1. The molecule has 1 unspecified atom stereocenters. The molecule has 2 aromatic carbocycles. The average Bonchev–Trinajstić information content (AvgIpc) is 2.88. The van der Waals surface area contributed by atoms with Crippen LogP contribution in [-0.4, -0.2) is 21.9 Å². The minimum absolute atomic E-state index is 0.374. The molecular weight excluding hydrogens is 304 g/mol. The third-order valence-corrected chi connectivity index (χ3v) is 4.23. The van der Waals surface area contributed by atoms with Crippen LogP contribution in [0.4, 0.5) is 4.79 Å². The molecule has 1 aromatic heterocycles. The summed E-state index contributed by atoms with van der Waals surface area (Å²) in [6.07, 6.45) is 1.71. The number of nitrogens with one attached hydrogen (secondary N) is 2. The Morgan fingerprint density at radius 2 is 1.79 bits per heavy atom. The third-order valence-electron chi connectivity index (χ3n) is 4.23. The van der Waals surface area contributed by atoms with Gasteiger partial charge in [-0.05, 0) is 24.6 Å². The normalized spacial score (nSPS) is 20.0. The van der Waals surface area contributed by atoms with Crippen molar-refractivity contribution in [2.24, 2.45) is 0 Å². The lowest BCUT2D eigenvalue weighted by molar-refractivity contribution is -0.123. The number of hydrogen-bond acceptors (Lipinski definition) is 4. The highest BCUT2D eigenvalue weighted by atomic mass is 16.2. The monoisotopic (exact) mass is 318 g/mol. The Hall–Kier alpha value is -3.28. The van der Waals surface area contributed by atoms with E-state index in [1.165, 1.54) is 0 Å². The third kappa shape index (κ3) is 2.20. The molecule has 0 radical (unpaired) electrons. The number of fused-ring (bicyclic) bond motifs is 1. The zero-order valence-corrected chi connectivity index (χ0v) is 12.9. The standard InChI is InChI=1S/C18H14N4O2/c1-18(16(23)21-17(24)22-18)12-7-8-13-14(9-12)19-10-15(20-13)11-5-3-2-4-6-11/h2-10H,1H3,(H2,21,22,23,24). The Kier molecular flexibility index (Phi) is 3.06. The summed E-state index contributed by atoms with van der Waals surface area (Å²) >= 11 is 0. The van der Waals surface area contributed by atoms with Crippen LogP contribution >= 0.6 is 0 Å². The molecule has 0 bridgehead atoms. The first-order valence-electron chi connectivity index (χ1n) is 7.52. The van der Waals surface area contributed by atoms with Crippen molar-refractivity contribution in [2.45, 2.75) is 12.5 Å². The molecule has 1 fully saturated rings. The molecule has 1 saturated heterocycles. The van der Waals surface area contributed by atoms with Crippen molar-refractivity contribution in [3.63, 3.8) is 0 Å². The van der Waals surface area contributed by atoms with Crippen LogP contribution in [0, 0.1) is 0 Å². The minimum atomic E-state index is -1.09. The van der Waals surface area contributed by atoms with Gasteiger partial charge in [-0.25, -0.2) is 9.78 Å². The van der Waals surface area contributed by atoms with Gasteiger partial charge in [-0.1, -0.05) is 36.4 Å². The fourth-order valence-electron chi connectivity index (χ4n) is 2.82. The summed E-state index contributed by atoms with van der Waals surface area (Å²) in [6.45, 7) is 1.67. The molecule has 0 spiro atoms. The molecule has 24 heavy (non-hydrogen) atoms. The molecule has 6 heteroatoms. The Balaban J connectivity index is 1.78. The number of amides is 3. The molecule has 118 valence electrons. The molecule has 1 aliphatic rings. The van der Waals surface area contributed by atoms with Crippen molar-refractivity contribution in [3.8, 4) is 11.3 Å². The first-order valence-corrected chi connectivity index (χ1v) is 7.52. The molecule has 0 aliphatic carbocycles. The molecule has 1 atom stereocenters. The van der Waals surface area contributed by atoms with Crippen LogP contribution in [0.3, 0.4) is 0 Å². The maximum atomic E-state index is 12.1. The van der Waals surface area contributed by atoms with E-state index in [4.69, 9.17) is 0 Å². The van der Waals surface area contributed by atoms with E-state index >= 15 is 0 Å². The number of carbonyl (C=O) groups excluding carboxylic acids is 2. The van der Waals surface area contributed by atoms with E-state index in [-0.39, 0.29) is 5.91 Å². The highest BCUT2D eigenvalue weighted by Crippen LogP contribution is 2.27. The zero-order chi connectivity index (χ0) is 16.7. The summed E-state index contributed by atoms with van der Waals surface area (Å²) in [5.41, 5.74) is 2.75. The van der Waals surface area contributed by atoms with E-state index in [1.807, 2.05) is 36.4 Å². The highest BCUT2D eigenvalue weighted by molar-refractivity contribution is 6.07. The number of urea groups is 1. The smallest absolute Gasteiger partial charge is 0.320 e. The van der Waals surface area contributed by atoms with Gasteiger partial charge in [-0.3, -0.25) is 15.1 Å². The predicted octanol–water partition coefficient (Wildman–Crippen LogP) is 2.35. The van der Waals surface area contributed by atoms with Crippen molar-refractivity contribution >= 4 is 23.0 Å². The van der Waals surface area contributed by atoms with E-state index < -0.39 is 11.6 Å². The molecule has 2 N–H and O–H groups in total. The quantitative estimate of drug-likeness (QED) is 0.710. The second-order valence-corrected chi connectivity index (χ2v) is 5.86. The van der Waals surface area contributed by atoms with E-state index in [0.717, 1.165) is 16.8 Å². The highest BCUT2D eigenvalue weighted by Gasteiger charge is 2.43. The van der Waals surface area contributed by atoms with Crippen molar-refractivity contribution in [1.29, 1.82) is 0 Å². The molecule has 3 aromatic rings.